The number of aromatic nitrogens is 2. The number of hydrogen-bond acceptors (Lipinski definition) is 9. The van der Waals surface area contributed by atoms with Crippen LogP contribution in [0, 0.1) is 6.92 Å². The predicted molar refractivity (Wildman–Crippen MR) is 170 cm³/mol. The van der Waals surface area contributed by atoms with Crippen molar-refractivity contribution in [1.82, 2.24) is 15.3 Å². The van der Waals surface area contributed by atoms with Crippen molar-refractivity contribution >= 4 is 38.6 Å². The summed E-state index contributed by atoms with van der Waals surface area (Å²) in [4.78, 5) is 34.6. The summed E-state index contributed by atoms with van der Waals surface area (Å²) in [5.41, 5.74) is 0.736. The molecule has 48 heavy (non-hydrogen) atoms. The number of fused-ring (bicyclic) bond motifs is 3. The van der Waals surface area contributed by atoms with Crippen molar-refractivity contribution in [3.63, 3.8) is 0 Å². The summed E-state index contributed by atoms with van der Waals surface area (Å²) >= 11 is 3.39. The zero-order valence-electron chi connectivity index (χ0n) is 26.3. The van der Waals surface area contributed by atoms with Crippen LogP contribution in [0.3, 0.4) is 0 Å². The molecule has 252 valence electrons. The number of aliphatic hydroxyl groups is 1. The smallest absolute Gasteiger partial charge is 0.424 e. The number of carbonyl (C=O) groups is 2. The van der Waals surface area contributed by atoms with E-state index in [9.17, 15) is 27.9 Å². The molecule has 0 bridgehead atoms. The summed E-state index contributed by atoms with van der Waals surface area (Å²) in [6.07, 6.45) is -5.35. The zero-order valence-corrected chi connectivity index (χ0v) is 27.9. The van der Waals surface area contributed by atoms with E-state index >= 15 is 0 Å². The van der Waals surface area contributed by atoms with Gasteiger partial charge >= 0.3 is 6.18 Å². The van der Waals surface area contributed by atoms with Gasteiger partial charge in [0.2, 0.25) is 17.3 Å². The van der Waals surface area contributed by atoms with Gasteiger partial charge in [0, 0.05) is 40.4 Å². The lowest BCUT2D eigenvalue weighted by Gasteiger charge is -2.31. The molecule has 2 amide bonds. The molecule has 4 heterocycles. The fourth-order valence-corrected chi connectivity index (χ4v) is 5.95. The van der Waals surface area contributed by atoms with Crippen LogP contribution in [0.15, 0.2) is 46.9 Å². The second-order valence-corrected chi connectivity index (χ2v) is 13.2. The molecule has 0 aliphatic carbocycles. The number of aryl methyl sites for hydroxylation is 1. The number of nitrogens with one attached hydrogen (secondary N) is 1. The Hall–Kier alpha value is -4.63. The van der Waals surface area contributed by atoms with E-state index in [4.69, 9.17) is 24.7 Å². The molecule has 6 rings (SSSR count). The van der Waals surface area contributed by atoms with Gasteiger partial charge in [0.25, 0.3) is 5.91 Å². The van der Waals surface area contributed by atoms with Gasteiger partial charge in [0.15, 0.2) is 11.5 Å². The van der Waals surface area contributed by atoms with E-state index < -0.39 is 47.0 Å². The Labute approximate surface area is 280 Å². The lowest BCUT2D eigenvalue weighted by molar-refractivity contribution is -0.265. The number of carbonyl (C=O) groups excluding carboxylic acids is 2. The van der Waals surface area contributed by atoms with E-state index in [1.165, 1.54) is 38.3 Å². The van der Waals surface area contributed by atoms with Crippen LogP contribution < -0.4 is 30.0 Å². The molecule has 0 fully saturated rings. The molecule has 2 aromatic carbocycles. The van der Waals surface area contributed by atoms with Gasteiger partial charge in [0.05, 0.1) is 25.0 Å². The van der Waals surface area contributed by atoms with Crippen LogP contribution in [-0.2, 0) is 15.8 Å². The van der Waals surface area contributed by atoms with Gasteiger partial charge in [-0.05, 0) is 72.2 Å². The number of nitrogens with two attached hydrogens (primary N) is 1. The molecule has 4 aromatic rings. The monoisotopic (exact) mass is 730 g/mol. The Morgan fingerprint density at radius 2 is 1.79 bits per heavy atom. The van der Waals surface area contributed by atoms with Gasteiger partial charge in [0.1, 0.15) is 34.7 Å². The van der Waals surface area contributed by atoms with Crippen molar-refractivity contribution in [3.8, 4) is 34.3 Å². The maximum atomic E-state index is 14.9. The highest BCUT2D eigenvalue weighted by molar-refractivity contribution is 9.10. The maximum absolute atomic E-state index is 14.9. The Kier molecular flexibility index (Phi) is 7.78. The fourth-order valence-electron chi connectivity index (χ4n) is 5.62. The van der Waals surface area contributed by atoms with E-state index in [0.29, 0.717) is 32.6 Å². The van der Waals surface area contributed by atoms with E-state index in [0.717, 1.165) is 6.07 Å². The van der Waals surface area contributed by atoms with Crippen LogP contribution in [0.2, 0.25) is 0 Å². The molecule has 11 nitrogen and oxygen atoms in total. The summed E-state index contributed by atoms with van der Waals surface area (Å²) in [7, 11) is 1.37. The number of methoxy groups -OCH3 is 1. The molecule has 0 saturated carbocycles. The molecule has 4 N–H and O–H groups in total. The third-order valence-corrected chi connectivity index (χ3v) is 9.24. The molecule has 2 aliphatic heterocycles. The number of nitrogens with zero attached hydrogens (tertiary/aromatic N) is 2. The first-order valence-corrected chi connectivity index (χ1v) is 15.4. The second kappa shape index (κ2) is 11.2. The number of rotatable bonds is 7. The van der Waals surface area contributed by atoms with Gasteiger partial charge in [-0.1, -0.05) is 0 Å². The lowest BCUT2D eigenvalue weighted by atomic mass is 9.81. The summed E-state index contributed by atoms with van der Waals surface area (Å²) < 4.78 is 68.2. The summed E-state index contributed by atoms with van der Waals surface area (Å²) in [5.74, 6) is -1.84. The van der Waals surface area contributed by atoms with E-state index in [1.54, 1.807) is 32.9 Å². The number of hydrogen-bond donors (Lipinski definition) is 3. The van der Waals surface area contributed by atoms with E-state index in [2.05, 4.69) is 31.2 Å². The molecule has 2 aliphatic rings. The van der Waals surface area contributed by atoms with Crippen LogP contribution >= 0.6 is 15.9 Å². The molecule has 2 atom stereocenters. The van der Waals surface area contributed by atoms with Crippen LogP contribution in [0.5, 0.6) is 23.0 Å². The highest BCUT2D eigenvalue weighted by Crippen LogP contribution is 2.49. The Morgan fingerprint density at radius 1 is 1.08 bits per heavy atom. The van der Waals surface area contributed by atoms with E-state index in [-0.39, 0.29) is 40.5 Å². The van der Waals surface area contributed by atoms with Gasteiger partial charge in [-0.2, -0.15) is 13.2 Å². The number of pyridine rings is 2. The molecule has 15 heteroatoms. The highest BCUT2D eigenvalue weighted by Gasteiger charge is 2.58. The summed E-state index contributed by atoms with van der Waals surface area (Å²) in [5, 5.41) is 14.1. The van der Waals surface area contributed by atoms with Crippen LogP contribution in [-0.4, -0.2) is 59.1 Å². The van der Waals surface area contributed by atoms with Gasteiger partial charge in [-0.15, -0.1) is 0 Å². The number of primary amides is 1. The van der Waals surface area contributed by atoms with Crippen LogP contribution in [0.4, 0.5) is 13.2 Å². The molecule has 0 unspecified atom stereocenters. The highest BCUT2D eigenvalue weighted by atomic mass is 79.9. The number of alkyl halides is 3. The zero-order chi connectivity index (χ0) is 35.0. The molecular weight excluding hydrogens is 701 g/mol. The van der Waals surface area contributed by atoms with Crippen molar-refractivity contribution in [3.05, 3.63) is 69.5 Å². The Bertz CT molecular complexity index is 2020. The molecular formula is C33H30BrF3N4O7. The average molecular weight is 732 g/mol. The maximum Gasteiger partial charge on any atom is 0.424 e. The molecule has 0 spiro atoms. The first-order valence-electron chi connectivity index (χ1n) is 14.6. The predicted octanol–water partition coefficient (Wildman–Crippen LogP) is 5.20. The van der Waals surface area contributed by atoms with Crippen molar-refractivity contribution in [2.24, 2.45) is 5.73 Å². The standard InChI is InChI=1S/C33H30BrF3N4O7/c1-15-20(34)9-17-8-18(11-23(45-5)25(17)40-15)28(42)39-13-32(44,33(35,36)37)24-12-19-27(46-14-31(19,4)29(38)43)26(41-24)16-6-7-21-22(10-16)48-30(2,3)47-21/h6-12,44H,13-14H2,1-5H3,(H2,38,43)(H,39,42)/t31-,32-/m0/s1. The Balaban J connectivity index is 1.43. The normalized spacial score (nSPS) is 19.0. The van der Waals surface area contributed by atoms with E-state index in [1.807, 2.05) is 0 Å². The summed E-state index contributed by atoms with van der Waals surface area (Å²) in [6, 6.07) is 10.0. The topological polar surface area (TPSA) is 155 Å². The largest absolute Gasteiger partial charge is 0.494 e. The lowest BCUT2D eigenvalue weighted by Crippen LogP contribution is -2.51. The first kappa shape index (κ1) is 33.3. The van der Waals surface area contributed by atoms with Crippen LogP contribution in [0.25, 0.3) is 22.2 Å². The molecule has 0 saturated heterocycles. The van der Waals surface area contributed by atoms with Crippen molar-refractivity contribution in [1.29, 1.82) is 0 Å². The van der Waals surface area contributed by atoms with Crippen molar-refractivity contribution in [2.45, 2.75) is 50.7 Å². The van der Waals surface area contributed by atoms with Gasteiger partial charge in [-0.3, -0.25) is 9.59 Å². The number of halogens is 4. The Morgan fingerprint density at radius 3 is 2.46 bits per heavy atom. The minimum absolute atomic E-state index is 0.00497. The minimum atomic E-state index is -5.35. The number of ether oxygens (including phenoxy) is 4. The first-order chi connectivity index (χ1) is 22.4. The minimum Gasteiger partial charge on any atom is -0.494 e. The fraction of sp³-hybridized carbons (Fsp3) is 0.333. The van der Waals surface area contributed by atoms with Gasteiger partial charge < -0.3 is 35.1 Å². The third kappa shape index (κ3) is 5.44. The average Bonchev–Trinajstić information content (AvgIpc) is 3.53. The summed E-state index contributed by atoms with van der Waals surface area (Å²) in [6.45, 7) is 4.96. The molecule has 2 aromatic heterocycles. The number of amides is 2. The SMILES string of the molecule is COc1cc(C(=O)NC[C@](O)(c2cc3c(c(-c4ccc5c(c4)OC(C)(C)O5)n2)OC[C@]3(C)C(N)=O)C(F)(F)F)cc2cc(Br)c(C)nc12. The van der Waals surface area contributed by atoms with Gasteiger partial charge in [-0.25, -0.2) is 9.97 Å². The third-order valence-electron chi connectivity index (χ3n) is 8.44. The van der Waals surface area contributed by atoms with Crippen LogP contribution in [0.1, 0.15) is 48.1 Å². The quantitative estimate of drug-likeness (QED) is 0.233. The van der Waals surface area contributed by atoms with Crippen molar-refractivity contribution in [2.75, 3.05) is 20.3 Å². The number of benzene rings is 2. The van der Waals surface area contributed by atoms with Crippen molar-refractivity contribution < 1.29 is 46.8 Å². The second-order valence-electron chi connectivity index (χ2n) is 12.3. The molecule has 0 radical (unpaired) electrons.